The van der Waals surface area contributed by atoms with Crippen molar-refractivity contribution in [3.05, 3.63) is 64.1 Å². The third-order valence-corrected chi connectivity index (χ3v) is 4.93. The zero-order valence-corrected chi connectivity index (χ0v) is 14.3. The summed E-state index contributed by atoms with van der Waals surface area (Å²) < 4.78 is 1.18. The van der Waals surface area contributed by atoms with E-state index < -0.39 is 0 Å². The number of thioether (sulfide) groups is 1. The van der Waals surface area contributed by atoms with Crippen LogP contribution >= 0.6 is 27.7 Å². The number of benzene rings is 2. The molecule has 106 valence electrons. The molecule has 0 spiro atoms. The molecule has 0 saturated heterocycles. The Labute approximate surface area is 134 Å². The molecule has 0 heterocycles. The molecule has 0 fully saturated rings. The number of hydrogen-bond acceptors (Lipinski definition) is 2. The number of hydrogen-bond donors (Lipinski definition) is 1. The van der Waals surface area contributed by atoms with Gasteiger partial charge in [-0.3, -0.25) is 0 Å². The highest BCUT2D eigenvalue weighted by atomic mass is 79.9. The molecular formula is C17H20BrNS. The van der Waals surface area contributed by atoms with Crippen LogP contribution < -0.4 is 5.32 Å². The second-order valence-corrected chi connectivity index (χ2v) is 6.35. The van der Waals surface area contributed by atoms with Gasteiger partial charge in [-0.2, -0.15) is 0 Å². The van der Waals surface area contributed by atoms with Crippen LogP contribution in [0, 0.1) is 0 Å². The SMILES string of the molecule is CCNC(Cc1ccccc1Br)c1ccccc1SC. The maximum atomic E-state index is 3.65. The highest BCUT2D eigenvalue weighted by Crippen LogP contribution is 2.29. The molecule has 2 rings (SSSR count). The van der Waals surface area contributed by atoms with Gasteiger partial charge in [0, 0.05) is 15.4 Å². The minimum absolute atomic E-state index is 0.349. The molecule has 0 saturated carbocycles. The Morgan fingerprint density at radius 2 is 1.80 bits per heavy atom. The minimum Gasteiger partial charge on any atom is -0.310 e. The lowest BCUT2D eigenvalue weighted by molar-refractivity contribution is 0.541. The lowest BCUT2D eigenvalue weighted by Crippen LogP contribution is -2.23. The van der Waals surface area contributed by atoms with Crippen molar-refractivity contribution in [1.29, 1.82) is 0 Å². The molecular weight excluding hydrogens is 330 g/mol. The molecule has 0 bridgehead atoms. The Morgan fingerprint density at radius 3 is 2.50 bits per heavy atom. The van der Waals surface area contributed by atoms with E-state index in [1.165, 1.54) is 20.5 Å². The van der Waals surface area contributed by atoms with Crippen molar-refractivity contribution in [3.63, 3.8) is 0 Å². The largest absolute Gasteiger partial charge is 0.310 e. The molecule has 0 aliphatic rings. The molecule has 0 aliphatic carbocycles. The van der Waals surface area contributed by atoms with Crippen LogP contribution in [0.15, 0.2) is 57.9 Å². The smallest absolute Gasteiger partial charge is 0.0372 e. The summed E-state index contributed by atoms with van der Waals surface area (Å²) in [6.45, 7) is 3.13. The number of likely N-dealkylation sites (N-methyl/N-ethyl adjacent to an activating group) is 1. The third kappa shape index (κ3) is 3.87. The first-order chi connectivity index (χ1) is 9.76. The van der Waals surface area contributed by atoms with E-state index in [1.54, 1.807) is 0 Å². The van der Waals surface area contributed by atoms with Gasteiger partial charge in [-0.05, 0) is 42.5 Å². The van der Waals surface area contributed by atoms with Gasteiger partial charge in [-0.15, -0.1) is 11.8 Å². The molecule has 2 aromatic carbocycles. The Kier molecular flexibility index (Phi) is 6.14. The van der Waals surface area contributed by atoms with Gasteiger partial charge < -0.3 is 5.32 Å². The topological polar surface area (TPSA) is 12.0 Å². The summed E-state index contributed by atoms with van der Waals surface area (Å²) in [6, 6.07) is 17.5. The van der Waals surface area contributed by atoms with Crippen LogP contribution in [0.2, 0.25) is 0 Å². The van der Waals surface area contributed by atoms with Crippen molar-refractivity contribution >= 4 is 27.7 Å². The van der Waals surface area contributed by atoms with Gasteiger partial charge in [0.2, 0.25) is 0 Å². The Balaban J connectivity index is 2.29. The minimum atomic E-state index is 0.349. The highest BCUT2D eigenvalue weighted by Gasteiger charge is 2.15. The van der Waals surface area contributed by atoms with Gasteiger partial charge in [0.05, 0.1) is 0 Å². The van der Waals surface area contributed by atoms with Crippen molar-refractivity contribution in [2.45, 2.75) is 24.3 Å². The van der Waals surface area contributed by atoms with Gasteiger partial charge in [-0.25, -0.2) is 0 Å². The fraction of sp³-hybridized carbons (Fsp3) is 0.294. The van der Waals surface area contributed by atoms with Crippen molar-refractivity contribution in [2.75, 3.05) is 12.8 Å². The van der Waals surface area contributed by atoms with Crippen LogP contribution in [0.4, 0.5) is 0 Å². The number of halogens is 1. The van der Waals surface area contributed by atoms with Crippen molar-refractivity contribution in [3.8, 4) is 0 Å². The van der Waals surface area contributed by atoms with E-state index in [2.05, 4.69) is 83.0 Å². The quantitative estimate of drug-likeness (QED) is 0.731. The predicted octanol–water partition coefficient (Wildman–Crippen LogP) is 5.06. The normalized spacial score (nSPS) is 12.3. The standard InChI is InChI=1S/C17H20BrNS/c1-3-19-16(12-13-8-4-6-10-15(13)18)14-9-5-7-11-17(14)20-2/h4-11,16,19H,3,12H2,1-2H3. The third-order valence-electron chi connectivity index (χ3n) is 3.35. The lowest BCUT2D eigenvalue weighted by Gasteiger charge is -2.21. The molecule has 0 radical (unpaired) electrons. The van der Waals surface area contributed by atoms with Crippen LogP contribution in [0.3, 0.4) is 0 Å². The lowest BCUT2D eigenvalue weighted by atomic mass is 9.99. The Bertz CT molecular complexity index is 556. The van der Waals surface area contributed by atoms with Crippen molar-refractivity contribution in [1.82, 2.24) is 5.32 Å². The van der Waals surface area contributed by atoms with E-state index >= 15 is 0 Å². The molecule has 3 heteroatoms. The summed E-state index contributed by atoms with van der Waals surface area (Å²) in [5.74, 6) is 0. The van der Waals surface area contributed by atoms with E-state index in [-0.39, 0.29) is 0 Å². The van der Waals surface area contributed by atoms with Crippen LogP contribution in [0.5, 0.6) is 0 Å². The summed E-state index contributed by atoms with van der Waals surface area (Å²) in [5.41, 5.74) is 2.73. The summed E-state index contributed by atoms with van der Waals surface area (Å²) in [5, 5.41) is 3.62. The summed E-state index contributed by atoms with van der Waals surface area (Å²) in [6.07, 6.45) is 3.13. The average molecular weight is 350 g/mol. The Hall–Kier alpha value is -0.770. The first-order valence-corrected chi connectivity index (χ1v) is 8.87. The zero-order valence-electron chi connectivity index (χ0n) is 11.9. The van der Waals surface area contributed by atoms with E-state index in [0.717, 1.165) is 13.0 Å². The van der Waals surface area contributed by atoms with Gasteiger partial charge >= 0.3 is 0 Å². The first kappa shape index (κ1) is 15.6. The van der Waals surface area contributed by atoms with Crippen LogP contribution in [-0.2, 0) is 6.42 Å². The highest BCUT2D eigenvalue weighted by molar-refractivity contribution is 9.10. The second kappa shape index (κ2) is 7.87. The average Bonchev–Trinajstić information content (AvgIpc) is 2.49. The van der Waals surface area contributed by atoms with E-state index in [0.29, 0.717) is 6.04 Å². The van der Waals surface area contributed by atoms with Crippen LogP contribution in [0.25, 0.3) is 0 Å². The summed E-state index contributed by atoms with van der Waals surface area (Å²) in [7, 11) is 0. The van der Waals surface area contributed by atoms with Crippen molar-refractivity contribution < 1.29 is 0 Å². The number of nitrogens with one attached hydrogen (secondary N) is 1. The maximum absolute atomic E-state index is 3.65. The predicted molar refractivity (Wildman–Crippen MR) is 92.5 cm³/mol. The Morgan fingerprint density at radius 1 is 1.10 bits per heavy atom. The molecule has 2 aromatic rings. The second-order valence-electron chi connectivity index (χ2n) is 4.65. The number of rotatable bonds is 6. The van der Waals surface area contributed by atoms with E-state index in [9.17, 15) is 0 Å². The van der Waals surface area contributed by atoms with Gasteiger partial charge in [0.1, 0.15) is 0 Å². The monoisotopic (exact) mass is 349 g/mol. The van der Waals surface area contributed by atoms with Crippen molar-refractivity contribution in [2.24, 2.45) is 0 Å². The van der Waals surface area contributed by atoms with E-state index in [1.807, 2.05) is 11.8 Å². The van der Waals surface area contributed by atoms with E-state index in [4.69, 9.17) is 0 Å². The summed E-state index contributed by atoms with van der Waals surface area (Å²) in [4.78, 5) is 1.35. The molecule has 0 aromatic heterocycles. The fourth-order valence-corrected chi connectivity index (χ4v) is 3.48. The van der Waals surface area contributed by atoms with Gasteiger partial charge in [0.25, 0.3) is 0 Å². The van der Waals surface area contributed by atoms with Crippen LogP contribution in [0.1, 0.15) is 24.1 Å². The van der Waals surface area contributed by atoms with Crippen LogP contribution in [-0.4, -0.2) is 12.8 Å². The molecule has 0 aliphatic heterocycles. The fourth-order valence-electron chi connectivity index (χ4n) is 2.38. The molecule has 1 N–H and O–H groups in total. The molecule has 1 atom stereocenters. The summed E-state index contributed by atoms with van der Waals surface area (Å²) >= 11 is 5.46. The molecule has 1 nitrogen and oxygen atoms in total. The molecule has 20 heavy (non-hydrogen) atoms. The van der Waals surface area contributed by atoms with Gasteiger partial charge in [0.15, 0.2) is 0 Å². The van der Waals surface area contributed by atoms with Gasteiger partial charge in [-0.1, -0.05) is 59.3 Å². The first-order valence-electron chi connectivity index (χ1n) is 6.86. The molecule has 1 unspecified atom stereocenters. The zero-order chi connectivity index (χ0) is 14.4. The maximum Gasteiger partial charge on any atom is 0.0372 e. The molecule has 0 amide bonds.